The van der Waals surface area contributed by atoms with Crippen LogP contribution in [0.4, 0.5) is 20.3 Å². The van der Waals surface area contributed by atoms with E-state index in [1.165, 1.54) is 6.07 Å². The van der Waals surface area contributed by atoms with Crippen molar-refractivity contribution in [1.82, 2.24) is 9.88 Å². The Balaban J connectivity index is 1.29. The van der Waals surface area contributed by atoms with Crippen molar-refractivity contribution in [3.63, 3.8) is 0 Å². The highest BCUT2D eigenvalue weighted by atomic mass is 35.5. The molecule has 33 heavy (non-hydrogen) atoms. The number of aryl methyl sites for hydroxylation is 1. The molecule has 178 valence electrons. The molecule has 10 heteroatoms. The molecule has 2 atom stereocenters. The molecule has 3 fully saturated rings. The van der Waals surface area contributed by atoms with Gasteiger partial charge in [0.15, 0.2) is 5.82 Å². The SMILES string of the molecule is COC1CCN(C2CCOC23CN(c2cc(C)c(SNc4cccc(F)n4)c(F)c2Cl)C3)C1. The highest BCUT2D eigenvalue weighted by molar-refractivity contribution is 8.00. The maximum Gasteiger partial charge on any atom is 0.214 e. The van der Waals surface area contributed by atoms with Gasteiger partial charge in [-0.15, -0.1) is 0 Å². The monoisotopic (exact) mass is 496 g/mol. The summed E-state index contributed by atoms with van der Waals surface area (Å²) in [6.45, 7) is 5.89. The number of hydrogen-bond acceptors (Lipinski definition) is 7. The van der Waals surface area contributed by atoms with E-state index in [-0.39, 0.29) is 16.7 Å². The second-order valence-electron chi connectivity index (χ2n) is 8.93. The van der Waals surface area contributed by atoms with Crippen LogP contribution in [0.2, 0.25) is 5.02 Å². The van der Waals surface area contributed by atoms with Gasteiger partial charge in [-0.05, 0) is 55.5 Å². The average Bonchev–Trinajstić information content (AvgIpc) is 3.42. The first kappa shape index (κ1) is 23.1. The van der Waals surface area contributed by atoms with Crippen LogP contribution in [0.25, 0.3) is 0 Å². The highest BCUT2D eigenvalue weighted by Crippen LogP contribution is 2.45. The van der Waals surface area contributed by atoms with E-state index in [4.69, 9.17) is 21.1 Å². The smallest absolute Gasteiger partial charge is 0.214 e. The molecule has 6 nitrogen and oxygen atoms in total. The molecule has 3 aliphatic rings. The predicted molar refractivity (Wildman–Crippen MR) is 126 cm³/mol. The van der Waals surface area contributed by atoms with E-state index in [1.807, 2.05) is 13.0 Å². The van der Waals surface area contributed by atoms with Crippen molar-refractivity contribution in [2.45, 2.75) is 42.4 Å². The largest absolute Gasteiger partial charge is 0.380 e. The van der Waals surface area contributed by atoms with Crippen molar-refractivity contribution in [1.29, 1.82) is 0 Å². The minimum absolute atomic E-state index is 0.0853. The molecule has 1 aromatic heterocycles. The zero-order valence-corrected chi connectivity index (χ0v) is 20.2. The number of hydrogen-bond donors (Lipinski definition) is 1. The van der Waals surface area contributed by atoms with Crippen molar-refractivity contribution < 1.29 is 18.3 Å². The number of halogens is 3. The van der Waals surface area contributed by atoms with E-state index in [1.54, 1.807) is 19.2 Å². The number of likely N-dealkylation sites (tertiary alicyclic amines) is 1. The van der Waals surface area contributed by atoms with Gasteiger partial charge in [-0.1, -0.05) is 17.7 Å². The maximum atomic E-state index is 15.2. The molecule has 0 radical (unpaired) electrons. The van der Waals surface area contributed by atoms with Crippen LogP contribution in [0.5, 0.6) is 0 Å². The molecule has 0 bridgehead atoms. The number of rotatable bonds is 6. The van der Waals surface area contributed by atoms with Gasteiger partial charge in [0.2, 0.25) is 5.95 Å². The fraction of sp³-hybridized carbons (Fsp3) is 0.522. The van der Waals surface area contributed by atoms with Crippen LogP contribution in [0.3, 0.4) is 0 Å². The lowest BCUT2D eigenvalue weighted by Gasteiger charge is -2.53. The molecule has 2 unspecified atom stereocenters. The summed E-state index contributed by atoms with van der Waals surface area (Å²) in [6, 6.07) is 6.66. The molecule has 0 amide bonds. The van der Waals surface area contributed by atoms with E-state index >= 15 is 4.39 Å². The number of anilines is 2. The maximum absolute atomic E-state index is 15.2. The molecule has 1 spiro atoms. The van der Waals surface area contributed by atoms with Gasteiger partial charge in [0, 0.05) is 32.8 Å². The van der Waals surface area contributed by atoms with Crippen LogP contribution in [0.15, 0.2) is 29.2 Å². The standard InChI is InChI=1S/C23H27ClF2N4O2S/c1-14-10-16(20(24)21(26)22(14)33-28-19-5-3-4-18(25)27-19)30-12-23(13-30)17(7-9-32-23)29-8-6-15(11-29)31-2/h3-5,10,15,17H,6-9,11-13H2,1-2H3,(H,27,28). The normalized spacial score (nSPS) is 24.5. The third kappa shape index (κ3) is 4.30. The van der Waals surface area contributed by atoms with Crippen LogP contribution in [0, 0.1) is 18.7 Å². The van der Waals surface area contributed by atoms with Crippen molar-refractivity contribution in [3.8, 4) is 0 Å². The molecule has 0 aliphatic carbocycles. The Hall–Kier alpha value is -1.65. The number of aromatic nitrogens is 1. The Bertz CT molecular complexity index is 1040. The fourth-order valence-electron chi connectivity index (χ4n) is 5.19. The molecule has 3 aliphatic heterocycles. The average molecular weight is 497 g/mol. The minimum Gasteiger partial charge on any atom is -0.380 e. The minimum atomic E-state index is -0.600. The molecule has 4 heterocycles. The third-order valence-electron chi connectivity index (χ3n) is 6.90. The van der Waals surface area contributed by atoms with E-state index in [2.05, 4.69) is 19.5 Å². The third-order valence-corrected chi connectivity index (χ3v) is 8.27. The van der Waals surface area contributed by atoms with Gasteiger partial charge in [-0.25, -0.2) is 9.37 Å². The first-order valence-electron chi connectivity index (χ1n) is 11.1. The molecule has 3 saturated heterocycles. The lowest BCUT2D eigenvalue weighted by Crippen LogP contribution is -2.69. The van der Waals surface area contributed by atoms with Gasteiger partial charge in [0.05, 0.1) is 29.8 Å². The first-order valence-corrected chi connectivity index (χ1v) is 12.3. The Kier molecular flexibility index (Phi) is 6.43. The Morgan fingerprint density at radius 2 is 2.12 bits per heavy atom. The summed E-state index contributed by atoms with van der Waals surface area (Å²) in [7, 11) is 1.77. The zero-order chi connectivity index (χ0) is 23.2. The number of methoxy groups -OCH3 is 1. The highest BCUT2D eigenvalue weighted by Gasteiger charge is 2.56. The zero-order valence-electron chi connectivity index (χ0n) is 18.6. The molecular weight excluding hydrogens is 470 g/mol. The molecule has 1 N–H and O–H groups in total. The number of pyridine rings is 1. The van der Waals surface area contributed by atoms with Crippen molar-refractivity contribution in [2.75, 3.05) is 49.5 Å². The van der Waals surface area contributed by atoms with Crippen molar-refractivity contribution in [2.24, 2.45) is 0 Å². The van der Waals surface area contributed by atoms with Crippen LogP contribution in [0.1, 0.15) is 18.4 Å². The molecular formula is C23H27ClF2N4O2S. The number of nitrogens with zero attached hydrogens (tertiary/aromatic N) is 3. The Morgan fingerprint density at radius 1 is 1.30 bits per heavy atom. The van der Waals surface area contributed by atoms with Crippen LogP contribution in [-0.4, -0.2) is 67.5 Å². The second-order valence-corrected chi connectivity index (χ2v) is 10.1. The van der Waals surface area contributed by atoms with Gasteiger partial charge < -0.3 is 19.1 Å². The fourth-order valence-corrected chi connectivity index (χ4v) is 6.25. The van der Waals surface area contributed by atoms with Crippen molar-refractivity contribution in [3.05, 3.63) is 46.6 Å². The van der Waals surface area contributed by atoms with E-state index in [9.17, 15) is 4.39 Å². The summed E-state index contributed by atoms with van der Waals surface area (Å²) in [5, 5.41) is 0.0853. The van der Waals surface area contributed by atoms with Gasteiger partial charge in [0.1, 0.15) is 16.4 Å². The van der Waals surface area contributed by atoms with Crippen molar-refractivity contribution >= 4 is 35.1 Å². The predicted octanol–water partition coefficient (Wildman–Crippen LogP) is 4.51. The summed E-state index contributed by atoms with van der Waals surface area (Å²) in [5.41, 5.74) is 1.18. The molecule has 1 aromatic carbocycles. The van der Waals surface area contributed by atoms with E-state index in [0.29, 0.717) is 35.5 Å². The molecule has 2 aromatic rings. The Morgan fingerprint density at radius 3 is 2.85 bits per heavy atom. The lowest BCUT2D eigenvalue weighted by atomic mass is 9.84. The summed E-state index contributed by atoms with van der Waals surface area (Å²) in [4.78, 5) is 8.68. The van der Waals surface area contributed by atoms with Gasteiger partial charge >= 0.3 is 0 Å². The lowest BCUT2D eigenvalue weighted by molar-refractivity contribution is -0.0574. The van der Waals surface area contributed by atoms with Crippen LogP contribution >= 0.6 is 23.5 Å². The Labute approximate surface area is 201 Å². The number of benzene rings is 1. The molecule has 0 saturated carbocycles. The van der Waals surface area contributed by atoms with Crippen LogP contribution in [-0.2, 0) is 9.47 Å². The molecule has 5 rings (SSSR count). The van der Waals surface area contributed by atoms with Gasteiger partial charge in [-0.2, -0.15) is 4.39 Å². The summed E-state index contributed by atoms with van der Waals surface area (Å²) in [5.74, 6) is -0.782. The number of nitrogens with one attached hydrogen (secondary N) is 1. The summed E-state index contributed by atoms with van der Waals surface area (Å²) < 4.78 is 43.2. The number of ether oxygens (including phenoxy) is 2. The van der Waals surface area contributed by atoms with E-state index < -0.39 is 11.8 Å². The van der Waals surface area contributed by atoms with Gasteiger partial charge in [-0.3, -0.25) is 4.90 Å². The van der Waals surface area contributed by atoms with Crippen LogP contribution < -0.4 is 9.62 Å². The second kappa shape index (κ2) is 9.19. The van der Waals surface area contributed by atoms with E-state index in [0.717, 1.165) is 50.0 Å². The summed E-state index contributed by atoms with van der Waals surface area (Å²) >= 11 is 7.51. The topological polar surface area (TPSA) is 49.9 Å². The van der Waals surface area contributed by atoms with Gasteiger partial charge in [0.25, 0.3) is 0 Å². The summed E-state index contributed by atoms with van der Waals surface area (Å²) in [6.07, 6.45) is 2.33. The first-order chi connectivity index (χ1) is 15.9. The quantitative estimate of drug-likeness (QED) is 0.466.